The van der Waals surface area contributed by atoms with Crippen LogP contribution in [-0.4, -0.2) is 20.0 Å². The summed E-state index contributed by atoms with van der Waals surface area (Å²) < 4.78 is 2.71. The van der Waals surface area contributed by atoms with Crippen molar-refractivity contribution < 1.29 is 4.74 Å². The van der Waals surface area contributed by atoms with Gasteiger partial charge in [0, 0.05) is 17.8 Å². The highest BCUT2D eigenvalue weighted by Crippen LogP contribution is 2.23. The van der Waals surface area contributed by atoms with Crippen LogP contribution in [0.5, 0.6) is 0 Å². The number of hydroxylamine groups is 1. The van der Waals surface area contributed by atoms with Crippen LogP contribution in [0.3, 0.4) is 0 Å². The predicted octanol–water partition coefficient (Wildman–Crippen LogP) is 2.09. The van der Waals surface area contributed by atoms with Gasteiger partial charge in [-0.3, -0.25) is 9.36 Å². The smallest absolute Gasteiger partial charge is 0.273 e. The molecule has 0 saturated carbocycles. The minimum Gasteiger partial charge on any atom is -0.623 e. The number of hydrogen-bond donors (Lipinski definition) is 0. The molecule has 0 spiro atoms. The van der Waals surface area contributed by atoms with Gasteiger partial charge in [0.2, 0.25) is 12.3 Å². The lowest BCUT2D eigenvalue weighted by Gasteiger charge is -2.10. The number of aromatic nitrogens is 2. The van der Waals surface area contributed by atoms with Gasteiger partial charge >= 0.3 is 0 Å². The summed E-state index contributed by atoms with van der Waals surface area (Å²) in [7, 11) is 0. The summed E-state index contributed by atoms with van der Waals surface area (Å²) >= 11 is 0. The SMILES string of the molecule is O=c1ccn2c(n1)C[N+]([O-])=C(c1ccccc1)c1ccccc1-2. The highest BCUT2D eigenvalue weighted by molar-refractivity contribution is 6.12. The molecule has 0 bridgehead atoms. The second kappa shape index (κ2) is 5.21. The van der Waals surface area contributed by atoms with Gasteiger partial charge in [0.05, 0.1) is 11.3 Å². The van der Waals surface area contributed by atoms with Gasteiger partial charge < -0.3 is 5.21 Å². The molecule has 0 fully saturated rings. The monoisotopic (exact) mass is 303 g/mol. The Labute approximate surface area is 132 Å². The van der Waals surface area contributed by atoms with Crippen molar-refractivity contribution in [2.45, 2.75) is 6.54 Å². The van der Waals surface area contributed by atoms with Gasteiger partial charge in [-0.15, -0.1) is 0 Å². The fraction of sp³-hybridized carbons (Fsp3) is 0.0556. The van der Waals surface area contributed by atoms with Crippen molar-refractivity contribution in [3.8, 4) is 5.69 Å². The fourth-order valence-corrected chi connectivity index (χ4v) is 2.89. The molecule has 5 heteroatoms. The van der Waals surface area contributed by atoms with E-state index in [0.717, 1.165) is 21.6 Å². The van der Waals surface area contributed by atoms with Crippen LogP contribution in [0.1, 0.15) is 17.0 Å². The number of benzene rings is 2. The average Bonchev–Trinajstić information content (AvgIpc) is 2.68. The van der Waals surface area contributed by atoms with E-state index < -0.39 is 0 Å². The number of rotatable bonds is 1. The molecule has 3 aromatic rings. The van der Waals surface area contributed by atoms with Crippen LogP contribution in [-0.2, 0) is 6.54 Å². The minimum atomic E-state index is -0.342. The Morgan fingerprint density at radius 3 is 2.57 bits per heavy atom. The molecule has 4 rings (SSSR count). The van der Waals surface area contributed by atoms with Gasteiger partial charge in [0.15, 0.2) is 5.82 Å². The lowest BCUT2D eigenvalue weighted by molar-refractivity contribution is -0.475. The summed E-state index contributed by atoms with van der Waals surface area (Å²) in [6, 6.07) is 18.6. The Balaban J connectivity index is 2.06. The zero-order valence-electron chi connectivity index (χ0n) is 12.2. The minimum absolute atomic E-state index is 0.0228. The van der Waals surface area contributed by atoms with Gasteiger partial charge in [0.1, 0.15) is 0 Å². The summed E-state index contributed by atoms with van der Waals surface area (Å²) in [4.78, 5) is 15.6. The van der Waals surface area contributed by atoms with Crippen molar-refractivity contribution in [1.82, 2.24) is 9.55 Å². The molecule has 5 nitrogen and oxygen atoms in total. The third-order valence-electron chi connectivity index (χ3n) is 3.88. The summed E-state index contributed by atoms with van der Waals surface area (Å²) in [6.07, 6.45) is 1.67. The number of para-hydroxylation sites is 1. The van der Waals surface area contributed by atoms with E-state index in [4.69, 9.17) is 0 Å². The standard InChI is InChI=1S/C18H13N3O2/c22-17-10-11-20-15-9-5-4-8-14(15)18(13-6-2-1-3-7-13)21(23)12-16(20)19-17/h1-11H,12H2. The Kier molecular flexibility index (Phi) is 3.05. The molecule has 112 valence electrons. The van der Waals surface area contributed by atoms with E-state index in [-0.39, 0.29) is 12.1 Å². The Morgan fingerprint density at radius 2 is 1.74 bits per heavy atom. The zero-order chi connectivity index (χ0) is 15.8. The molecule has 2 heterocycles. The second-order valence-electron chi connectivity index (χ2n) is 5.32. The lowest BCUT2D eigenvalue weighted by atomic mass is 10.0. The van der Waals surface area contributed by atoms with E-state index in [2.05, 4.69) is 4.98 Å². The van der Waals surface area contributed by atoms with Crippen molar-refractivity contribution in [1.29, 1.82) is 0 Å². The summed E-state index contributed by atoms with van der Waals surface area (Å²) in [5.41, 5.74) is 2.74. The molecule has 0 unspecified atom stereocenters. The number of fused-ring (bicyclic) bond motifs is 3. The molecule has 1 aliphatic rings. The molecular weight excluding hydrogens is 290 g/mol. The van der Waals surface area contributed by atoms with E-state index in [0.29, 0.717) is 11.5 Å². The summed E-state index contributed by atoms with van der Waals surface area (Å²) in [5.74, 6) is 0.436. The van der Waals surface area contributed by atoms with Gasteiger partial charge in [-0.1, -0.05) is 30.3 Å². The highest BCUT2D eigenvalue weighted by atomic mass is 16.5. The third-order valence-corrected chi connectivity index (χ3v) is 3.88. The van der Waals surface area contributed by atoms with Crippen LogP contribution in [0.4, 0.5) is 0 Å². The number of nitrogens with zero attached hydrogens (tertiary/aromatic N) is 3. The van der Waals surface area contributed by atoms with E-state index >= 15 is 0 Å². The number of hydrogen-bond acceptors (Lipinski definition) is 3. The third kappa shape index (κ3) is 2.23. The molecule has 1 aromatic heterocycles. The maximum Gasteiger partial charge on any atom is 0.273 e. The van der Waals surface area contributed by atoms with Crippen molar-refractivity contribution >= 4 is 5.71 Å². The Hall–Kier alpha value is -3.21. The first kappa shape index (κ1) is 13.5. The van der Waals surface area contributed by atoms with E-state index in [1.54, 1.807) is 10.8 Å². The molecule has 23 heavy (non-hydrogen) atoms. The largest absolute Gasteiger partial charge is 0.623 e. The van der Waals surface area contributed by atoms with Crippen LogP contribution in [0.15, 0.2) is 71.7 Å². The molecule has 2 aromatic carbocycles. The zero-order valence-corrected chi connectivity index (χ0v) is 12.2. The highest BCUT2D eigenvalue weighted by Gasteiger charge is 2.25. The summed E-state index contributed by atoms with van der Waals surface area (Å²) in [6.45, 7) is 0.0228. The molecule has 0 aliphatic carbocycles. The predicted molar refractivity (Wildman–Crippen MR) is 86.8 cm³/mol. The van der Waals surface area contributed by atoms with Crippen LogP contribution < -0.4 is 5.56 Å². The summed E-state index contributed by atoms with van der Waals surface area (Å²) in [5, 5.41) is 12.8. The Morgan fingerprint density at radius 1 is 1.00 bits per heavy atom. The average molecular weight is 303 g/mol. The molecular formula is C18H13N3O2. The first-order valence-corrected chi connectivity index (χ1v) is 7.29. The Bertz CT molecular complexity index is 975. The first-order chi connectivity index (χ1) is 11.2. The maximum absolute atomic E-state index is 12.8. The van der Waals surface area contributed by atoms with Crippen molar-refractivity contribution in [3.63, 3.8) is 0 Å². The van der Waals surface area contributed by atoms with Crippen molar-refractivity contribution in [2.24, 2.45) is 0 Å². The van der Waals surface area contributed by atoms with Crippen molar-refractivity contribution in [2.75, 3.05) is 0 Å². The molecule has 0 radical (unpaired) electrons. The van der Waals surface area contributed by atoms with E-state index in [9.17, 15) is 10.0 Å². The maximum atomic E-state index is 12.8. The molecule has 0 N–H and O–H groups in total. The van der Waals surface area contributed by atoms with Gasteiger partial charge in [-0.05, 0) is 24.3 Å². The van der Waals surface area contributed by atoms with Gasteiger partial charge in [-0.2, -0.15) is 9.72 Å². The molecule has 0 atom stereocenters. The molecule has 1 aliphatic heterocycles. The van der Waals surface area contributed by atoms with E-state index in [1.165, 1.54) is 6.07 Å². The molecule has 0 amide bonds. The normalized spacial score (nSPS) is 13.2. The second-order valence-corrected chi connectivity index (χ2v) is 5.32. The molecule has 0 saturated heterocycles. The van der Waals surface area contributed by atoms with E-state index in [1.807, 2.05) is 54.6 Å². The van der Waals surface area contributed by atoms with Crippen LogP contribution in [0.2, 0.25) is 0 Å². The van der Waals surface area contributed by atoms with Crippen LogP contribution in [0, 0.1) is 5.21 Å². The topological polar surface area (TPSA) is 61.0 Å². The van der Waals surface area contributed by atoms with Crippen LogP contribution >= 0.6 is 0 Å². The van der Waals surface area contributed by atoms with Gasteiger partial charge in [-0.25, -0.2) is 0 Å². The fourth-order valence-electron chi connectivity index (χ4n) is 2.89. The van der Waals surface area contributed by atoms with Gasteiger partial charge in [0.25, 0.3) is 5.56 Å². The lowest BCUT2D eigenvalue weighted by Crippen LogP contribution is -2.19. The van der Waals surface area contributed by atoms with Crippen LogP contribution in [0.25, 0.3) is 5.69 Å². The quantitative estimate of drug-likeness (QED) is 0.511. The van der Waals surface area contributed by atoms with Crippen molar-refractivity contribution in [3.05, 3.63) is 99.4 Å². The first-order valence-electron chi connectivity index (χ1n) is 7.29.